The molecule has 2 atom stereocenters. The van der Waals surface area contributed by atoms with E-state index in [2.05, 4.69) is 158 Å². The van der Waals surface area contributed by atoms with Crippen molar-refractivity contribution >= 4 is 0 Å². The van der Waals surface area contributed by atoms with E-state index in [1.54, 1.807) is 7.11 Å². The minimum absolute atomic E-state index is 0.216. The van der Waals surface area contributed by atoms with Gasteiger partial charge in [-0.2, -0.15) is 0 Å². The fraction of sp³-hybridized carbons (Fsp3) is 1.00. The molecule has 2 N–H and O–H groups in total. The Kier molecular flexibility index (Phi) is 76.4. The Balaban J connectivity index is -0.000000107. The summed E-state index contributed by atoms with van der Waals surface area (Å²) in [5.74, 6) is 4.51. The van der Waals surface area contributed by atoms with Crippen molar-refractivity contribution < 1.29 is 43.0 Å². The minimum Gasteiger partial charge on any atom is -0.390 e. The van der Waals surface area contributed by atoms with E-state index in [0.717, 1.165) is 50.7 Å². The second-order valence-electron chi connectivity index (χ2n) is 23.9. The number of hydrogen-bond acceptors (Lipinski definition) is 10. The van der Waals surface area contributed by atoms with Crippen LogP contribution in [0.4, 0.5) is 0 Å². The molecule has 2 unspecified atom stereocenters. The van der Waals surface area contributed by atoms with Crippen LogP contribution in [0.3, 0.4) is 0 Å². The van der Waals surface area contributed by atoms with Crippen LogP contribution in [0.25, 0.3) is 0 Å². The summed E-state index contributed by atoms with van der Waals surface area (Å²) in [6, 6.07) is 0.642. The molecule has 71 heavy (non-hydrogen) atoms. The first-order valence-corrected chi connectivity index (χ1v) is 28.7. The Morgan fingerprint density at radius 1 is 0.324 bits per heavy atom. The largest absolute Gasteiger partial charge is 0.390 e. The highest BCUT2D eigenvalue weighted by atomic mass is 16.5. The molecule has 0 aliphatic rings. The molecule has 0 radical (unpaired) electrons. The van der Waals surface area contributed by atoms with E-state index >= 15 is 0 Å². The molecule has 0 bridgehead atoms. The van der Waals surface area contributed by atoms with Crippen LogP contribution >= 0.6 is 0 Å². The summed E-state index contributed by atoms with van der Waals surface area (Å²) >= 11 is 0. The van der Waals surface area contributed by atoms with Crippen molar-refractivity contribution in [2.75, 3.05) is 53.3 Å². The standard InChI is InChI=1S/C9H20O2.C8H19N.C8H18O2.2C8H18O.2C7H16O.C6H14O/c1-7(2)9(10-5)6-11-8(3)4;1-7(2)5-6-9-8(3)4;1-6(2)8(9)5-10-7(3)4;2*1-7(2)5-6-9-8(3)4;2*1-6(2)5-8-7(3)4;1-5(2)7-6(3)4/h7-9H,6H2,1-5H3;7-9H,5-6H2,1-4H3;6-9H,5H2,1-4H3;2*7-8H,5-6H2,1-4H3;2*6-7H,5H2,1-4H3;5-6H,1-4H3. The highest BCUT2D eigenvalue weighted by Gasteiger charge is 2.12. The van der Waals surface area contributed by atoms with Crippen molar-refractivity contribution in [2.45, 2.75) is 308 Å². The third-order valence-electron chi connectivity index (χ3n) is 8.65. The zero-order valence-electron chi connectivity index (χ0n) is 54.7. The average molecular weight is 1030 g/mol. The van der Waals surface area contributed by atoms with Gasteiger partial charge in [-0.3, -0.25) is 0 Å². The summed E-state index contributed by atoms with van der Waals surface area (Å²) < 4.78 is 42.4. The van der Waals surface area contributed by atoms with Crippen molar-refractivity contribution in [3.8, 4) is 0 Å². The number of nitrogens with one attached hydrogen (secondary N) is 1. The van der Waals surface area contributed by atoms with Gasteiger partial charge in [0.25, 0.3) is 0 Å². The van der Waals surface area contributed by atoms with Gasteiger partial charge in [-0.15, -0.1) is 0 Å². The van der Waals surface area contributed by atoms with E-state index in [1.807, 2.05) is 69.2 Å². The van der Waals surface area contributed by atoms with E-state index in [1.165, 1.54) is 19.3 Å². The molecule has 0 spiro atoms. The second kappa shape index (κ2) is 62.1. The van der Waals surface area contributed by atoms with Gasteiger partial charge in [-0.05, 0) is 178 Å². The number of aliphatic hydroxyl groups is 1. The molecule has 0 aliphatic heterocycles. The fourth-order valence-corrected chi connectivity index (χ4v) is 4.36. The number of aliphatic hydroxyl groups excluding tert-OH is 1. The molecule has 0 aromatic heterocycles. The van der Waals surface area contributed by atoms with Gasteiger partial charge in [-0.25, -0.2) is 0 Å². The van der Waals surface area contributed by atoms with Gasteiger partial charge in [0, 0.05) is 39.6 Å². The smallest absolute Gasteiger partial charge is 0.0827 e. The highest BCUT2D eigenvalue weighted by molar-refractivity contribution is 4.61. The molecular weight excluding hydrogens is 891 g/mol. The lowest BCUT2D eigenvalue weighted by Crippen LogP contribution is -2.25. The molecule has 0 fully saturated rings. The lowest BCUT2D eigenvalue weighted by Gasteiger charge is -2.20. The van der Waals surface area contributed by atoms with Gasteiger partial charge in [0.2, 0.25) is 0 Å². The van der Waals surface area contributed by atoms with Crippen LogP contribution in [0, 0.1) is 41.4 Å². The molecule has 0 heterocycles. The number of hydrogen-bond donors (Lipinski definition) is 2. The third kappa shape index (κ3) is 119. The molecule has 0 amide bonds. The van der Waals surface area contributed by atoms with E-state index in [-0.39, 0.29) is 18.3 Å². The Bertz CT molecular complexity index is 813. The van der Waals surface area contributed by atoms with E-state index in [0.29, 0.717) is 85.7 Å². The number of rotatable bonds is 29. The Labute approximate surface area is 449 Å². The third-order valence-corrected chi connectivity index (χ3v) is 8.65. The summed E-state index contributed by atoms with van der Waals surface area (Å²) in [6.07, 6.45) is 6.39. The van der Waals surface area contributed by atoms with Gasteiger partial charge >= 0.3 is 0 Å². The topological polar surface area (TPSA) is 106 Å². The molecule has 0 aliphatic carbocycles. The van der Waals surface area contributed by atoms with Crippen molar-refractivity contribution in [3.63, 3.8) is 0 Å². The molecule has 10 nitrogen and oxygen atoms in total. The van der Waals surface area contributed by atoms with Gasteiger partial charge < -0.3 is 48.3 Å². The van der Waals surface area contributed by atoms with Crippen LogP contribution in [0.1, 0.15) is 241 Å². The summed E-state index contributed by atoms with van der Waals surface area (Å²) in [6.45, 7) is 73.2. The Hall–Kier alpha value is -0.400. The average Bonchev–Trinajstić information content (AvgIpc) is 3.18. The van der Waals surface area contributed by atoms with E-state index < -0.39 is 0 Å². The van der Waals surface area contributed by atoms with Gasteiger partial charge in [0.1, 0.15) is 0 Å². The van der Waals surface area contributed by atoms with Crippen molar-refractivity contribution in [1.29, 1.82) is 0 Å². The molecule has 442 valence electrons. The predicted octanol–water partition coefficient (Wildman–Crippen LogP) is 16.4. The van der Waals surface area contributed by atoms with E-state index in [4.69, 9.17) is 37.9 Å². The summed E-state index contributed by atoms with van der Waals surface area (Å²) in [5.41, 5.74) is 0. The van der Waals surface area contributed by atoms with Crippen LogP contribution in [0.15, 0.2) is 0 Å². The minimum atomic E-state index is -0.317. The van der Waals surface area contributed by atoms with Crippen LogP contribution in [-0.2, 0) is 37.9 Å². The second-order valence-corrected chi connectivity index (χ2v) is 23.9. The van der Waals surface area contributed by atoms with Gasteiger partial charge in [-0.1, -0.05) is 111 Å². The number of ether oxygens (including phenoxy) is 8. The summed E-state index contributed by atoms with van der Waals surface area (Å²) in [4.78, 5) is 0. The van der Waals surface area contributed by atoms with E-state index in [9.17, 15) is 5.11 Å². The maximum Gasteiger partial charge on any atom is 0.0827 e. The molecule has 0 rings (SSSR count). The first kappa shape index (κ1) is 87.3. The molecule has 0 aromatic carbocycles. The SMILES string of the molecule is CC(C)CCNC(C)C.CC(C)CCOC(C)C.CC(C)CCOC(C)C.CC(C)COC(C)C.CC(C)COC(C)C.CC(C)OC(C)C.CC(C)OCC(O)C(C)C.COC(COC(C)C)C(C)C. The maximum absolute atomic E-state index is 9.25. The van der Waals surface area contributed by atoms with Crippen molar-refractivity contribution in [1.82, 2.24) is 5.32 Å². The van der Waals surface area contributed by atoms with Gasteiger partial charge in [0.05, 0.1) is 74.3 Å². The zero-order valence-corrected chi connectivity index (χ0v) is 54.7. The van der Waals surface area contributed by atoms with Crippen LogP contribution in [0.2, 0.25) is 0 Å². The summed E-state index contributed by atoms with van der Waals surface area (Å²) in [5, 5.41) is 12.6. The van der Waals surface area contributed by atoms with Crippen LogP contribution < -0.4 is 5.32 Å². The first-order chi connectivity index (χ1) is 32.4. The first-order valence-electron chi connectivity index (χ1n) is 28.7. The molecule has 0 saturated heterocycles. The fourth-order valence-electron chi connectivity index (χ4n) is 4.36. The van der Waals surface area contributed by atoms with Crippen molar-refractivity contribution in [2.24, 2.45) is 41.4 Å². The Morgan fingerprint density at radius 2 is 0.620 bits per heavy atom. The van der Waals surface area contributed by atoms with Crippen LogP contribution in [-0.4, -0.2) is 125 Å². The maximum atomic E-state index is 9.25. The molecule has 0 saturated carbocycles. The number of methoxy groups -OCH3 is 1. The molecule has 10 heteroatoms. The summed E-state index contributed by atoms with van der Waals surface area (Å²) in [7, 11) is 1.73. The molecular formula is C61H139NO9. The van der Waals surface area contributed by atoms with Crippen molar-refractivity contribution in [3.05, 3.63) is 0 Å². The predicted molar refractivity (Wildman–Crippen MR) is 316 cm³/mol. The monoisotopic (exact) mass is 1030 g/mol. The Morgan fingerprint density at radius 3 is 0.803 bits per heavy atom. The lowest BCUT2D eigenvalue weighted by atomic mass is 10.1. The van der Waals surface area contributed by atoms with Crippen LogP contribution in [0.5, 0.6) is 0 Å². The quantitative estimate of drug-likeness (QED) is 0.0752. The highest BCUT2D eigenvalue weighted by Crippen LogP contribution is 2.07. The normalized spacial score (nSPS) is 12.3. The lowest BCUT2D eigenvalue weighted by molar-refractivity contribution is -0.0348. The van der Waals surface area contributed by atoms with Gasteiger partial charge in [0.15, 0.2) is 0 Å². The molecule has 0 aromatic rings. The zero-order chi connectivity index (χ0) is 57.8.